The predicted molar refractivity (Wildman–Crippen MR) is 57.1 cm³/mol. The number of ether oxygens (including phenoxy) is 1. The summed E-state index contributed by atoms with van der Waals surface area (Å²) in [6, 6.07) is 0.598. The number of aliphatic hydroxyl groups is 1. The van der Waals surface area contributed by atoms with Crippen LogP contribution in [0.15, 0.2) is 6.20 Å². The van der Waals surface area contributed by atoms with E-state index < -0.39 is 6.10 Å². The standard InChI is InChI=1S/C9H15N3O2S/c13-8(4-10-7-2-1-3-7)6-14-9-5-11-15-12-9/h5,7-8,10,13H,1-4,6H2. The molecule has 0 radical (unpaired) electrons. The number of hydrogen-bond donors (Lipinski definition) is 2. The highest BCUT2D eigenvalue weighted by Crippen LogP contribution is 2.17. The van der Waals surface area contributed by atoms with Crippen LogP contribution >= 0.6 is 11.7 Å². The Labute approximate surface area is 92.8 Å². The van der Waals surface area contributed by atoms with Crippen molar-refractivity contribution in [3.63, 3.8) is 0 Å². The van der Waals surface area contributed by atoms with Crippen molar-refractivity contribution in [3.8, 4) is 5.88 Å². The highest BCUT2D eigenvalue weighted by molar-refractivity contribution is 6.99. The molecule has 1 aliphatic rings. The number of aromatic nitrogens is 2. The van der Waals surface area contributed by atoms with Gasteiger partial charge in [-0.25, -0.2) is 0 Å². The van der Waals surface area contributed by atoms with Crippen molar-refractivity contribution < 1.29 is 9.84 Å². The molecule has 0 aliphatic heterocycles. The molecule has 2 N–H and O–H groups in total. The molecular weight excluding hydrogens is 214 g/mol. The summed E-state index contributed by atoms with van der Waals surface area (Å²) >= 11 is 1.10. The summed E-state index contributed by atoms with van der Waals surface area (Å²) in [6.07, 6.45) is 4.82. The molecule has 5 nitrogen and oxygen atoms in total. The Morgan fingerprint density at radius 2 is 2.53 bits per heavy atom. The van der Waals surface area contributed by atoms with Gasteiger partial charge >= 0.3 is 0 Å². The molecule has 2 rings (SSSR count). The zero-order valence-corrected chi connectivity index (χ0v) is 9.24. The quantitative estimate of drug-likeness (QED) is 0.740. The van der Waals surface area contributed by atoms with Gasteiger partial charge in [-0.1, -0.05) is 6.42 Å². The van der Waals surface area contributed by atoms with E-state index in [2.05, 4.69) is 14.1 Å². The molecule has 1 unspecified atom stereocenters. The zero-order valence-electron chi connectivity index (χ0n) is 8.43. The molecule has 1 aromatic rings. The van der Waals surface area contributed by atoms with Gasteiger partial charge in [0.25, 0.3) is 0 Å². The fourth-order valence-electron chi connectivity index (χ4n) is 1.38. The fourth-order valence-corrected chi connectivity index (χ4v) is 1.74. The number of aliphatic hydroxyl groups excluding tert-OH is 1. The first-order valence-corrected chi connectivity index (χ1v) is 5.89. The lowest BCUT2D eigenvalue weighted by molar-refractivity contribution is 0.0978. The zero-order chi connectivity index (χ0) is 10.5. The van der Waals surface area contributed by atoms with Crippen molar-refractivity contribution in [1.82, 2.24) is 14.1 Å². The van der Waals surface area contributed by atoms with Gasteiger partial charge in [-0.05, 0) is 12.8 Å². The number of hydrogen-bond acceptors (Lipinski definition) is 6. The fraction of sp³-hybridized carbons (Fsp3) is 0.778. The van der Waals surface area contributed by atoms with Gasteiger partial charge in [0.1, 0.15) is 18.9 Å². The molecule has 1 fully saturated rings. The second-order valence-corrected chi connectivity index (χ2v) is 4.30. The minimum absolute atomic E-state index is 0.269. The third-order valence-corrected chi connectivity index (χ3v) is 2.97. The van der Waals surface area contributed by atoms with E-state index in [0.717, 1.165) is 11.7 Å². The van der Waals surface area contributed by atoms with Crippen LogP contribution in [0.25, 0.3) is 0 Å². The van der Waals surface area contributed by atoms with E-state index in [1.54, 1.807) is 6.20 Å². The highest BCUT2D eigenvalue weighted by atomic mass is 32.1. The molecule has 84 valence electrons. The molecular formula is C9H15N3O2S. The number of nitrogens with zero attached hydrogens (tertiary/aromatic N) is 2. The van der Waals surface area contributed by atoms with Gasteiger partial charge in [0.05, 0.1) is 11.7 Å². The molecule has 0 saturated heterocycles. The number of rotatable bonds is 6. The maximum absolute atomic E-state index is 9.58. The van der Waals surface area contributed by atoms with E-state index in [1.807, 2.05) is 0 Å². The first-order chi connectivity index (χ1) is 7.34. The molecule has 15 heavy (non-hydrogen) atoms. The Hall–Kier alpha value is -0.720. The molecule has 1 aromatic heterocycles. The van der Waals surface area contributed by atoms with Crippen LogP contribution in [-0.4, -0.2) is 39.2 Å². The normalized spacial score (nSPS) is 18.5. The third-order valence-electron chi connectivity index (χ3n) is 2.51. The molecule has 1 atom stereocenters. The summed E-state index contributed by atoms with van der Waals surface area (Å²) in [7, 11) is 0. The summed E-state index contributed by atoms with van der Waals surface area (Å²) in [5, 5.41) is 12.9. The van der Waals surface area contributed by atoms with Crippen LogP contribution < -0.4 is 10.1 Å². The van der Waals surface area contributed by atoms with Crippen molar-refractivity contribution in [2.45, 2.75) is 31.4 Å². The second-order valence-electron chi connectivity index (χ2n) is 3.75. The summed E-state index contributed by atoms with van der Waals surface area (Å²) in [4.78, 5) is 0. The summed E-state index contributed by atoms with van der Waals surface area (Å²) < 4.78 is 12.9. The van der Waals surface area contributed by atoms with Gasteiger partial charge in [-0.3, -0.25) is 0 Å². The molecule has 6 heteroatoms. The van der Waals surface area contributed by atoms with E-state index in [1.165, 1.54) is 19.3 Å². The molecule has 0 spiro atoms. The highest BCUT2D eigenvalue weighted by Gasteiger charge is 2.17. The third kappa shape index (κ3) is 3.40. The van der Waals surface area contributed by atoms with Crippen molar-refractivity contribution in [2.75, 3.05) is 13.2 Å². The Balaban J connectivity index is 1.57. The van der Waals surface area contributed by atoms with Crippen LogP contribution in [0.3, 0.4) is 0 Å². The van der Waals surface area contributed by atoms with Crippen molar-refractivity contribution in [2.24, 2.45) is 0 Å². The van der Waals surface area contributed by atoms with Crippen molar-refractivity contribution in [1.29, 1.82) is 0 Å². The van der Waals surface area contributed by atoms with Gasteiger partial charge < -0.3 is 15.2 Å². The molecule has 0 aromatic carbocycles. The van der Waals surface area contributed by atoms with Gasteiger partial charge in [0, 0.05) is 12.6 Å². The SMILES string of the molecule is OC(CNC1CCC1)COc1cnsn1. The average molecular weight is 229 g/mol. The predicted octanol–water partition coefficient (Wildman–Crippen LogP) is 0.420. The van der Waals surface area contributed by atoms with E-state index in [9.17, 15) is 5.11 Å². The minimum Gasteiger partial charge on any atom is -0.473 e. The van der Waals surface area contributed by atoms with Crippen LogP contribution in [0.5, 0.6) is 5.88 Å². The van der Waals surface area contributed by atoms with Gasteiger partial charge in [0.15, 0.2) is 0 Å². The van der Waals surface area contributed by atoms with E-state index in [0.29, 0.717) is 18.5 Å². The van der Waals surface area contributed by atoms with Gasteiger partial charge in [-0.15, -0.1) is 4.37 Å². The average Bonchev–Trinajstić information content (AvgIpc) is 2.64. The van der Waals surface area contributed by atoms with E-state index in [4.69, 9.17) is 4.74 Å². The topological polar surface area (TPSA) is 67.3 Å². The molecule has 1 heterocycles. The Bertz CT molecular complexity index is 277. The Kier molecular flexibility index (Phi) is 3.87. The summed E-state index contributed by atoms with van der Waals surface area (Å²) in [5.74, 6) is 0.489. The summed E-state index contributed by atoms with van der Waals surface area (Å²) in [5.41, 5.74) is 0. The van der Waals surface area contributed by atoms with Crippen LogP contribution in [0, 0.1) is 0 Å². The lowest BCUT2D eigenvalue weighted by Crippen LogP contribution is -2.41. The lowest BCUT2D eigenvalue weighted by Gasteiger charge is -2.27. The first-order valence-electron chi connectivity index (χ1n) is 5.16. The molecule has 1 aliphatic carbocycles. The van der Waals surface area contributed by atoms with Gasteiger partial charge in [0.2, 0.25) is 5.88 Å². The van der Waals surface area contributed by atoms with Gasteiger partial charge in [-0.2, -0.15) is 4.37 Å². The van der Waals surface area contributed by atoms with E-state index in [-0.39, 0.29) is 6.61 Å². The van der Waals surface area contributed by atoms with Crippen LogP contribution in [0.4, 0.5) is 0 Å². The van der Waals surface area contributed by atoms with Crippen LogP contribution in [-0.2, 0) is 0 Å². The molecule has 1 saturated carbocycles. The second kappa shape index (κ2) is 5.39. The number of nitrogens with one attached hydrogen (secondary N) is 1. The Morgan fingerprint density at radius 1 is 1.67 bits per heavy atom. The van der Waals surface area contributed by atoms with Crippen LogP contribution in [0.1, 0.15) is 19.3 Å². The Morgan fingerprint density at radius 3 is 3.13 bits per heavy atom. The lowest BCUT2D eigenvalue weighted by atomic mass is 9.93. The van der Waals surface area contributed by atoms with E-state index >= 15 is 0 Å². The molecule has 0 bridgehead atoms. The monoisotopic (exact) mass is 229 g/mol. The first kappa shape index (κ1) is 10.8. The molecule has 0 amide bonds. The maximum Gasteiger partial charge on any atom is 0.245 e. The van der Waals surface area contributed by atoms with Crippen molar-refractivity contribution >= 4 is 11.7 Å². The van der Waals surface area contributed by atoms with Crippen LogP contribution in [0.2, 0.25) is 0 Å². The largest absolute Gasteiger partial charge is 0.473 e. The minimum atomic E-state index is -0.479. The maximum atomic E-state index is 9.58. The van der Waals surface area contributed by atoms with Crippen molar-refractivity contribution in [3.05, 3.63) is 6.20 Å². The smallest absolute Gasteiger partial charge is 0.245 e. The summed E-state index contributed by atoms with van der Waals surface area (Å²) in [6.45, 7) is 0.855.